The fourth-order valence-corrected chi connectivity index (χ4v) is 2.49. The molecule has 2 N–H and O–H groups in total. The van der Waals surface area contributed by atoms with Crippen LogP contribution >= 0.6 is 23.7 Å². The van der Waals surface area contributed by atoms with Crippen LogP contribution in [0.15, 0.2) is 29.6 Å². The Balaban J connectivity index is 0.00000144. The van der Waals surface area contributed by atoms with Crippen LogP contribution < -0.4 is 10.6 Å². The van der Waals surface area contributed by atoms with Crippen LogP contribution in [0.25, 0.3) is 10.1 Å². The lowest BCUT2D eigenvalue weighted by Crippen LogP contribution is -2.30. The van der Waals surface area contributed by atoms with Crippen molar-refractivity contribution in [3.63, 3.8) is 0 Å². The zero-order valence-electron chi connectivity index (χ0n) is 9.53. The van der Waals surface area contributed by atoms with E-state index in [4.69, 9.17) is 0 Å². The molecule has 0 aliphatic carbocycles. The molecular weight excluding hydrogens is 256 g/mol. The summed E-state index contributed by atoms with van der Waals surface area (Å²) in [5.74, 6) is 0.00713. The van der Waals surface area contributed by atoms with Crippen LogP contribution in [-0.2, 0) is 0 Å². The van der Waals surface area contributed by atoms with Gasteiger partial charge in [-0.25, -0.2) is 0 Å². The number of carbonyl (C=O) groups is 1. The minimum absolute atomic E-state index is 0. The number of likely N-dealkylation sites (N-methyl/N-ethyl adjacent to an activating group) is 1. The van der Waals surface area contributed by atoms with Crippen LogP contribution in [-0.4, -0.2) is 26.0 Å². The molecule has 17 heavy (non-hydrogen) atoms. The number of hydrogen-bond acceptors (Lipinski definition) is 3. The fourth-order valence-electron chi connectivity index (χ4n) is 1.55. The lowest BCUT2D eigenvalue weighted by Gasteiger charge is -2.03. The van der Waals surface area contributed by atoms with Crippen LogP contribution in [0.3, 0.4) is 0 Å². The maximum Gasteiger partial charge on any atom is 0.252 e. The molecule has 5 heteroatoms. The summed E-state index contributed by atoms with van der Waals surface area (Å²) in [6.45, 7) is 1.44. The van der Waals surface area contributed by atoms with Gasteiger partial charge < -0.3 is 10.6 Å². The largest absolute Gasteiger partial charge is 0.351 e. The first kappa shape index (κ1) is 14.0. The van der Waals surface area contributed by atoms with E-state index in [2.05, 4.69) is 10.6 Å². The molecule has 1 heterocycles. The quantitative estimate of drug-likeness (QED) is 0.837. The first-order chi connectivity index (χ1) is 7.83. The third-order valence-corrected chi connectivity index (χ3v) is 3.35. The Hall–Kier alpha value is -1.10. The molecule has 0 spiro atoms. The van der Waals surface area contributed by atoms with Gasteiger partial charge in [-0.15, -0.1) is 23.7 Å². The summed E-state index contributed by atoms with van der Waals surface area (Å²) in [5.41, 5.74) is 0.775. The smallest absolute Gasteiger partial charge is 0.252 e. The highest BCUT2D eigenvalue weighted by atomic mass is 35.5. The third-order valence-electron chi connectivity index (χ3n) is 2.39. The van der Waals surface area contributed by atoms with Gasteiger partial charge in [-0.3, -0.25) is 4.79 Å². The molecule has 0 saturated carbocycles. The predicted molar refractivity (Wildman–Crippen MR) is 75.3 cm³/mol. The van der Waals surface area contributed by atoms with Crippen molar-refractivity contribution in [3.8, 4) is 0 Å². The average Bonchev–Trinajstić information content (AvgIpc) is 2.73. The Bertz CT molecular complexity index is 498. The molecule has 0 radical (unpaired) electrons. The number of benzene rings is 1. The Morgan fingerprint density at radius 1 is 1.29 bits per heavy atom. The number of thiophene rings is 1. The van der Waals surface area contributed by atoms with Crippen LogP contribution in [0, 0.1) is 0 Å². The Morgan fingerprint density at radius 3 is 2.82 bits per heavy atom. The highest BCUT2D eigenvalue weighted by Gasteiger charge is 2.10. The molecule has 3 nitrogen and oxygen atoms in total. The maximum atomic E-state index is 11.9. The number of amides is 1. The molecule has 0 atom stereocenters. The lowest BCUT2D eigenvalue weighted by molar-refractivity contribution is 0.0956. The SMILES string of the molecule is CNCCNC(=O)c1csc2ccccc12.Cl. The summed E-state index contributed by atoms with van der Waals surface area (Å²) in [6, 6.07) is 7.96. The molecule has 0 unspecified atom stereocenters. The summed E-state index contributed by atoms with van der Waals surface area (Å²) < 4.78 is 1.15. The molecule has 0 aliphatic heterocycles. The number of fused-ring (bicyclic) bond motifs is 1. The zero-order valence-corrected chi connectivity index (χ0v) is 11.2. The lowest BCUT2D eigenvalue weighted by atomic mass is 10.2. The number of carbonyl (C=O) groups excluding carboxylic acids is 1. The van der Waals surface area contributed by atoms with Gasteiger partial charge in [-0.1, -0.05) is 18.2 Å². The minimum atomic E-state index is 0. The first-order valence-corrected chi connectivity index (χ1v) is 6.10. The van der Waals surface area contributed by atoms with Crippen molar-refractivity contribution in [2.24, 2.45) is 0 Å². The third kappa shape index (κ3) is 3.19. The van der Waals surface area contributed by atoms with Crippen LogP contribution in [0.5, 0.6) is 0 Å². The Labute approximate surface area is 111 Å². The van der Waals surface area contributed by atoms with E-state index in [9.17, 15) is 4.79 Å². The summed E-state index contributed by atoms with van der Waals surface area (Å²) in [5, 5.41) is 8.83. The topological polar surface area (TPSA) is 41.1 Å². The second-order valence-corrected chi connectivity index (χ2v) is 4.42. The van der Waals surface area contributed by atoms with Crippen molar-refractivity contribution in [1.82, 2.24) is 10.6 Å². The number of hydrogen-bond donors (Lipinski definition) is 2. The summed E-state index contributed by atoms with van der Waals surface area (Å²) in [6.07, 6.45) is 0. The van der Waals surface area contributed by atoms with Crippen LogP contribution in [0.4, 0.5) is 0 Å². The maximum absolute atomic E-state index is 11.9. The van der Waals surface area contributed by atoms with E-state index in [0.717, 1.165) is 22.2 Å². The summed E-state index contributed by atoms with van der Waals surface area (Å²) in [7, 11) is 1.87. The molecule has 1 aromatic heterocycles. The van der Waals surface area contributed by atoms with Crippen molar-refractivity contribution >= 4 is 39.7 Å². The van der Waals surface area contributed by atoms with Gasteiger partial charge in [-0.05, 0) is 13.1 Å². The van der Waals surface area contributed by atoms with Crippen molar-refractivity contribution in [2.45, 2.75) is 0 Å². The van der Waals surface area contributed by atoms with E-state index >= 15 is 0 Å². The van der Waals surface area contributed by atoms with Crippen molar-refractivity contribution < 1.29 is 4.79 Å². The van der Waals surface area contributed by atoms with Gasteiger partial charge in [0, 0.05) is 28.6 Å². The molecule has 0 saturated heterocycles. The molecule has 1 amide bonds. The summed E-state index contributed by atoms with van der Waals surface area (Å²) in [4.78, 5) is 11.9. The van der Waals surface area contributed by atoms with Gasteiger partial charge in [0.25, 0.3) is 5.91 Å². The van der Waals surface area contributed by atoms with Gasteiger partial charge >= 0.3 is 0 Å². The molecule has 1 aromatic carbocycles. The molecular formula is C12H15ClN2OS. The van der Waals surface area contributed by atoms with Crippen molar-refractivity contribution in [1.29, 1.82) is 0 Å². The highest BCUT2D eigenvalue weighted by molar-refractivity contribution is 7.17. The van der Waals surface area contributed by atoms with E-state index < -0.39 is 0 Å². The van der Waals surface area contributed by atoms with E-state index in [-0.39, 0.29) is 18.3 Å². The standard InChI is InChI=1S/C12H14N2OS.ClH/c1-13-6-7-14-12(15)10-8-16-11-5-3-2-4-9(10)11;/h2-5,8,13H,6-7H2,1H3,(H,14,15);1H. The Kier molecular flexibility index (Phi) is 5.41. The molecule has 92 valence electrons. The van der Waals surface area contributed by atoms with Gasteiger partial charge in [-0.2, -0.15) is 0 Å². The van der Waals surface area contributed by atoms with Crippen LogP contribution in [0.2, 0.25) is 0 Å². The predicted octanol–water partition coefficient (Wildman–Crippen LogP) is 2.27. The minimum Gasteiger partial charge on any atom is -0.351 e. The van der Waals surface area contributed by atoms with E-state index in [1.807, 2.05) is 36.7 Å². The number of halogens is 1. The van der Waals surface area contributed by atoms with E-state index in [0.29, 0.717) is 6.54 Å². The second-order valence-electron chi connectivity index (χ2n) is 3.50. The monoisotopic (exact) mass is 270 g/mol. The summed E-state index contributed by atoms with van der Waals surface area (Å²) >= 11 is 1.61. The number of rotatable bonds is 4. The highest BCUT2D eigenvalue weighted by Crippen LogP contribution is 2.25. The average molecular weight is 271 g/mol. The molecule has 0 bridgehead atoms. The molecule has 2 aromatic rings. The Morgan fingerprint density at radius 2 is 2.06 bits per heavy atom. The molecule has 0 fully saturated rings. The molecule has 0 aliphatic rings. The van der Waals surface area contributed by atoms with Crippen molar-refractivity contribution in [3.05, 3.63) is 35.2 Å². The number of nitrogens with one attached hydrogen (secondary N) is 2. The zero-order chi connectivity index (χ0) is 11.4. The molecule has 2 rings (SSSR count). The van der Waals surface area contributed by atoms with Gasteiger partial charge in [0.15, 0.2) is 0 Å². The van der Waals surface area contributed by atoms with Crippen molar-refractivity contribution in [2.75, 3.05) is 20.1 Å². The van der Waals surface area contributed by atoms with E-state index in [1.54, 1.807) is 11.3 Å². The van der Waals surface area contributed by atoms with E-state index in [1.165, 1.54) is 0 Å². The van der Waals surface area contributed by atoms with Gasteiger partial charge in [0.1, 0.15) is 0 Å². The second kappa shape index (κ2) is 6.59. The van der Waals surface area contributed by atoms with Crippen LogP contribution in [0.1, 0.15) is 10.4 Å². The fraction of sp³-hybridized carbons (Fsp3) is 0.250. The first-order valence-electron chi connectivity index (χ1n) is 5.22. The van der Waals surface area contributed by atoms with Gasteiger partial charge in [0.2, 0.25) is 0 Å². The normalized spacial score (nSPS) is 9.94. The van der Waals surface area contributed by atoms with Gasteiger partial charge in [0.05, 0.1) is 5.56 Å².